The average molecular weight is 463 g/mol. The van der Waals surface area contributed by atoms with Gasteiger partial charge in [-0.05, 0) is 55.0 Å². The van der Waals surface area contributed by atoms with Crippen LogP contribution in [0.25, 0.3) is 10.2 Å². The molecule has 8 heteroatoms. The van der Waals surface area contributed by atoms with Gasteiger partial charge in [-0.3, -0.25) is 4.79 Å². The Kier molecular flexibility index (Phi) is 5.39. The molecular weight excluding hydrogens is 444 g/mol. The molecule has 2 heterocycles. The van der Waals surface area contributed by atoms with Gasteiger partial charge in [0, 0.05) is 15.0 Å². The Balaban J connectivity index is 1.47. The van der Waals surface area contributed by atoms with E-state index in [1.165, 1.54) is 28.6 Å². The van der Waals surface area contributed by atoms with Gasteiger partial charge < -0.3 is 11.1 Å². The number of thioether (sulfide) groups is 1. The third-order valence-corrected chi connectivity index (χ3v) is 7.15. The van der Waals surface area contributed by atoms with E-state index in [9.17, 15) is 4.79 Å². The standard InChI is InChI=1S/C19H19BrN4OS2/c1-10-2-7-13-14(8-10)27-18-16(13)17(21)23-19(24-18)26-9-15(25)22-12-5-3-11(20)4-6-12/h3-6,10H,2,7-9H2,1H3,(H,22,25)(H2,21,23,24)/t10-/m1/s1. The lowest BCUT2D eigenvalue weighted by molar-refractivity contribution is -0.113. The van der Waals surface area contributed by atoms with E-state index in [1.807, 2.05) is 24.3 Å². The van der Waals surface area contributed by atoms with E-state index >= 15 is 0 Å². The van der Waals surface area contributed by atoms with E-state index in [1.54, 1.807) is 11.3 Å². The number of carbonyl (C=O) groups excluding carboxylic acids is 1. The lowest BCUT2D eigenvalue weighted by atomic mass is 9.89. The number of thiophene rings is 1. The molecule has 2 aromatic heterocycles. The highest BCUT2D eigenvalue weighted by Gasteiger charge is 2.23. The fourth-order valence-corrected chi connectivity index (χ4v) is 5.64. The molecule has 1 aliphatic carbocycles. The predicted octanol–water partition coefficient (Wildman–Crippen LogP) is 4.89. The van der Waals surface area contributed by atoms with Crippen LogP contribution in [0.2, 0.25) is 0 Å². The van der Waals surface area contributed by atoms with Crippen LogP contribution in [-0.2, 0) is 17.6 Å². The van der Waals surface area contributed by atoms with Crippen LogP contribution in [0.4, 0.5) is 11.5 Å². The molecule has 0 fully saturated rings. The fraction of sp³-hybridized carbons (Fsp3) is 0.316. The van der Waals surface area contributed by atoms with Crippen LogP contribution in [0.15, 0.2) is 33.9 Å². The van der Waals surface area contributed by atoms with Crippen LogP contribution in [0.1, 0.15) is 23.8 Å². The Morgan fingerprint density at radius 1 is 1.37 bits per heavy atom. The number of halogens is 1. The Bertz CT molecular complexity index is 1000. The zero-order chi connectivity index (χ0) is 19.0. The monoisotopic (exact) mass is 462 g/mol. The summed E-state index contributed by atoms with van der Waals surface area (Å²) in [4.78, 5) is 23.6. The van der Waals surface area contributed by atoms with Crippen molar-refractivity contribution < 1.29 is 4.79 Å². The van der Waals surface area contributed by atoms with Gasteiger partial charge in [-0.2, -0.15) is 0 Å². The number of nitrogens with one attached hydrogen (secondary N) is 1. The van der Waals surface area contributed by atoms with Crippen molar-refractivity contribution >= 4 is 66.7 Å². The second-order valence-electron chi connectivity index (χ2n) is 6.77. The van der Waals surface area contributed by atoms with Gasteiger partial charge in [0.15, 0.2) is 5.16 Å². The van der Waals surface area contributed by atoms with E-state index in [4.69, 9.17) is 5.73 Å². The molecule has 3 aromatic rings. The number of aryl methyl sites for hydroxylation is 1. The van der Waals surface area contributed by atoms with Gasteiger partial charge in [0.2, 0.25) is 5.91 Å². The number of hydrogen-bond donors (Lipinski definition) is 2. The van der Waals surface area contributed by atoms with E-state index in [0.29, 0.717) is 16.9 Å². The minimum atomic E-state index is -0.0936. The number of nitrogens with zero attached hydrogens (tertiary/aromatic N) is 2. The number of amides is 1. The van der Waals surface area contributed by atoms with Crippen LogP contribution in [0, 0.1) is 5.92 Å². The second-order valence-corrected chi connectivity index (χ2v) is 9.71. The fourth-order valence-electron chi connectivity index (χ4n) is 3.28. The summed E-state index contributed by atoms with van der Waals surface area (Å²) in [5.74, 6) is 1.38. The summed E-state index contributed by atoms with van der Waals surface area (Å²) in [6.07, 6.45) is 3.32. The van der Waals surface area contributed by atoms with Crippen molar-refractivity contribution in [3.8, 4) is 0 Å². The minimum Gasteiger partial charge on any atom is -0.383 e. The number of rotatable bonds is 4. The largest absolute Gasteiger partial charge is 0.383 e. The molecule has 1 aromatic carbocycles. The van der Waals surface area contributed by atoms with Crippen molar-refractivity contribution in [3.63, 3.8) is 0 Å². The first-order valence-corrected chi connectivity index (χ1v) is 11.3. The summed E-state index contributed by atoms with van der Waals surface area (Å²) in [6, 6.07) is 7.48. The molecule has 5 nitrogen and oxygen atoms in total. The topological polar surface area (TPSA) is 80.9 Å². The van der Waals surface area contributed by atoms with Crippen LogP contribution >= 0.6 is 39.0 Å². The van der Waals surface area contributed by atoms with Crippen LogP contribution < -0.4 is 11.1 Å². The number of hydrogen-bond acceptors (Lipinski definition) is 6. The van der Waals surface area contributed by atoms with E-state index in [-0.39, 0.29) is 11.7 Å². The van der Waals surface area contributed by atoms with Crippen molar-refractivity contribution in [1.82, 2.24) is 9.97 Å². The van der Waals surface area contributed by atoms with Crippen LogP contribution in [0.3, 0.4) is 0 Å². The highest BCUT2D eigenvalue weighted by Crippen LogP contribution is 2.39. The predicted molar refractivity (Wildman–Crippen MR) is 117 cm³/mol. The van der Waals surface area contributed by atoms with Crippen molar-refractivity contribution in [3.05, 3.63) is 39.2 Å². The third-order valence-electron chi connectivity index (χ3n) is 4.62. The molecule has 1 atom stereocenters. The van der Waals surface area contributed by atoms with Crippen molar-refractivity contribution in [2.75, 3.05) is 16.8 Å². The first kappa shape index (κ1) is 18.7. The highest BCUT2D eigenvalue weighted by molar-refractivity contribution is 9.10. The molecule has 1 amide bonds. The number of benzene rings is 1. The van der Waals surface area contributed by atoms with Crippen molar-refractivity contribution in [2.24, 2.45) is 5.92 Å². The molecule has 0 unspecified atom stereocenters. The molecular formula is C19H19BrN4OS2. The average Bonchev–Trinajstić information content (AvgIpc) is 2.99. The Hall–Kier alpha value is -1.64. The summed E-state index contributed by atoms with van der Waals surface area (Å²) in [7, 11) is 0. The van der Waals surface area contributed by atoms with Gasteiger partial charge in [0.25, 0.3) is 0 Å². The number of fused-ring (bicyclic) bond motifs is 3. The Morgan fingerprint density at radius 3 is 2.93 bits per heavy atom. The summed E-state index contributed by atoms with van der Waals surface area (Å²) >= 11 is 6.41. The van der Waals surface area contributed by atoms with Crippen LogP contribution in [-0.4, -0.2) is 21.6 Å². The number of carbonyl (C=O) groups is 1. The molecule has 3 N–H and O–H groups in total. The zero-order valence-corrected chi connectivity index (χ0v) is 18.0. The maximum atomic E-state index is 12.2. The Morgan fingerprint density at radius 2 is 2.15 bits per heavy atom. The lowest BCUT2D eigenvalue weighted by Gasteiger charge is -2.17. The first-order valence-electron chi connectivity index (χ1n) is 8.75. The van der Waals surface area contributed by atoms with Gasteiger partial charge in [-0.25, -0.2) is 9.97 Å². The van der Waals surface area contributed by atoms with Crippen molar-refractivity contribution in [2.45, 2.75) is 31.3 Å². The molecule has 0 spiro atoms. The number of nitrogens with two attached hydrogens (primary N) is 1. The molecule has 140 valence electrons. The van der Waals surface area contributed by atoms with Gasteiger partial charge >= 0.3 is 0 Å². The van der Waals surface area contributed by atoms with Gasteiger partial charge in [-0.15, -0.1) is 11.3 Å². The number of aromatic nitrogens is 2. The first-order chi connectivity index (χ1) is 13.0. The third kappa shape index (κ3) is 4.12. The molecule has 0 radical (unpaired) electrons. The SMILES string of the molecule is C[C@@H]1CCc2c(sc3nc(SCC(=O)Nc4ccc(Br)cc4)nc(N)c23)C1. The zero-order valence-electron chi connectivity index (χ0n) is 14.8. The quantitative estimate of drug-likeness (QED) is 0.425. The molecule has 0 saturated heterocycles. The highest BCUT2D eigenvalue weighted by atomic mass is 79.9. The molecule has 1 aliphatic rings. The summed E-state index contributed by atoms with van der Waals surface area (Å²) in [6.45, 7) is 2.29. The Labute approximate surface area is 174 Å². The minimum absolute atomic E-state index is 0.0936. The van der Waals surface area contributed by atoms with Crippen molar-refractivity contribution in [1.29, 1.82) is 0 Å². The van der Waals surface area contributed by atoms with Gasteiger partial charge in [-0.1, -0.05) is 34.6 Å². The summed E-state index contributed by atoms with van der Waals surface area (Å²) in [5, 5.41) is 4.44. The van der Waals surface area contributed by atoms with Gasteiger partial charge in [0.05, 0.1) is 11.1 Å². The second kappa shape index (κ2) is 7.77. The molecule has 4 rings (SSSR count). The maximum absolute atomic E-state index is 12.2. The van der Waals surface area contributed by atoms with E-state index < -0.39 is 0 Å². The number of anilines is 2. The van der Waals surface area contributed by atoms with Gasteiger partial charge in [0.1, 0.15) is 10.6 Å². The lowest BCUT2D eigenvalue weighted by Crippen LogP contribution is -2.14. The molecule has 0 saturated carbocycles. The number of nitrogen functional groups attached to an aromatic ring is 1. The van der Waals surface area contributed by atoms with E-state index in [0.717, 1.165) is 33.2 Å². The summed E-state index contributed by atoms with van der Waals surface area (Å²) in [5.41, 5.74) is 8.33. The maximum Gasteiger partial charge on any atom is 0.234 e. The summed E-state index contributed by atoms with van der Waals surface area (Å²) < 4.78 is 0.972. The molecule has 27 heavy (non-hydrogen) atoms. The van der Waals surface area contributed by atoms with E-state index in [2.05, 4.69) is 38.1 Å². The van der Waals surface area contributed by atoms with Crippen LogP contribution in [0.5, 0.6) is 0 Å². The normalized spacial score (nSPS) is 16.3. The molecule has 0 aliphatic heterocycles. The molecule has 0 bridgehead atoms. The smallest absolute Gasteiger partial charge is 0.234 e.